The number of carbonyl (C=O) groups is 2. The maximum Gasteiger partial charge on any atom is 0.311 e. The van der Waals surface area contributed by atoms with Crippen molar-refractivity contribution in [1.82, 2.24) is 5.16 Å². The minimum Gasteiger partial charge on any atom is -0.493 e. The monoisotopic (exact) mass is 465 g/mol. The van der Waals surface area contributed by atoms with Gasteiger partial charge in [-0.15, -0.1) is 0 Å². The predicted molar refractivity (Wildman–Crippen MR) is 121 cm³/mol. The number of ether oxygens (including phenoxy) is 5. The Morgan fingerprint density at radius 2 is 1.91 bits per heavy atom. The molecular weight excluding hydrogens is 442 g/mol. The fourth-order valence-corrected chi connectivity index (χ4v) is 3.62. The molecule has 0 N–H and O–H groups in total. The van der Waals surface area contributed by atoms with E-state index in [4.69, 9.17) is 28.2 Å². The van der Waals surface area contributed by atoms with E-state index in [-0.39, 0.29) is 23.7 Å². The van der Waals surface area contributed by atoms with Gasteiger partial charge in [-0.05, 0) is 35.9 Å². The number of allylic oxidation sites excluding steroid dienone is 1. The molecule has 0 radical (unpaired) electrons. The molecule has 1 aliphatic heterocycles. The van der Waals surface area contributed by atoms with Crippen LogP contribution in [-0.2, 0) is 11.2 Å². The second kappa shape index (κ2) is 9.70. The van der Waals surface area contributed by atoms with Gasteiger partial charge in [-0.1, -0.05) is 12.1 Å². The number of hydrogen-bond acceptors (Lipinski definition) is 9. The Kier molecular flexibility index (Phi) is 6.53. The van der Waals surface area contributed by atoms with Crippen LogP contribution < -0.4 is 23.7 Å². The summed E-state index contributed by atoms with van der Waals surface area (Å²) in [7, 11) is 4.54. The minimum atomic E-state index is -0.462. The van der Waals surface area contributed by atoms with Gasteiger partial charge in [0.15, 0.2) is 17.3 Å². The Morgan fingerprint density at radius 1 is 1.09 bits per heavy atom. The molecule has 2 heterocycles. The first kappa shape index (κ1) is 22.9. The topological polar surface area (TPSA) is 106 Å². The standard InChI is InChI=1S/C25H23NO8/c1-14-10-17(32-22(27)9-8-16-13-21(30-3)26-34-16)12-19-23(14)24(28)20(33-19)11-15-6-5-7-18(29-2)25(15)31-4/h5-7,10-13H,8-9H2,1-4H3/b20-11-. The largest absolute Gasteiger partial charge is 0.493 e. The zero-order chi connectivity index (χ0) is 24.2. The third-order valence-electron chi connectivity index (χ3n) is 5.22. The fourth-order valence-electron chi connectivity index (χ4n) is 3.62. The van der Waals surface area contributed by atoms with Gasteiger partial charge in [-0.3, -0.25) is 9.59 Å². The SMILES string of the molecule is COc1cc(CCC(=O)Oc2cc(C)c3c(c2)O/C(=C\c2cccc(OC)c2OC)C3=O)on1. The lowest BCUT2D eigenvalue weighted by molar-refractivity contribution is -0.134. The zero-order valence-corrected chi connectivity index (χ0v) is 19.2. The molecule has 0 bridgehead atoms. The first-order valence-corrected chi connectivity index (χ1v) is 10.4. The van der Waals surface area contributed by atoms with Gasteiger partial charge >= 0.3 is 5.97 Å². The Bertz CT molecular complexity index is 1270. The summed E-state index contributed by atoms with van der Waals surface area (Å²) in [6.45, 7) is 1.76. The molecule has 0 atom stereocenters. The fraction of sp³-hybridized carbons (Fsp3) is 0.240. The summed E-state index contributed by atoms with van der Waals surface area (Å²) >= 11 is 0. The number of hydrogen-bond donors (Lipinski definition) is 0. The van der Waals surface area contributed by atoms with E-state index in [9.17, 15) is 9.59 Å². The van der Waals surface area contributed by atoms with Crippen LogP contribution in [-0.4, -0.2) is 38.2 Å². The van der Waals surface area contributed by atoms with Crippen molar-refractivity contribution in [3.63, 3.8) is 0 Å². The van der Waals surface area contributed by atoms with Gasteiger partial charge in [0.25, 0.3) is 5.88 Å². The Morgan fingerprint density at radius 3 is 2.62 bits per heavy atom. The van der Waals surface area contributed by atoms with Crippen LogP contribution in [0.3, 0.4) is 0 Å². The van der Waals surface area contributed by atoms with Gasteiger partial charge in [0.1, 0.15) is 17.3 Å². The number of rotatable bonds is 8. The number of Topliss-reactive ketones (excluding diaryl/α,β-unsaturated/α-hetero) is 1. The van der Waals surface area contributed by atoms with Crippen molar-refractivity contribution in [2.45, 2.75) is 19.8 Å². The van der Waals surface area contributed by atoms with Gasteiger partial charge in [-0.25, -0.2) is 0 Å². The highest BCUT2D eigenvalue weighted by Crippen LogP contribution is 2.39. The van der Waals surface area contributed by atoms with Gasteiger partial charge in [-0.2, -0.15) is 0 Å². The summed E-state index contributed by atoms with van der Waals surface area (Å²) in [4.78, 5) is 25.3. The highest BCUT2D eigenvalue weighted by molar-refractivity contribution is 6.15. The van der Waals surface area contributed by atoms with Crippen molar-refractivity contribution in [3.05, 3.63) is 64.6 Å². The maximum atomic E-state index is 13.0. The smallest absolute Gasteiger partial charge is 0.311 e. The molecule has 0 saturated carbocycles. The average molecular weight is 465 g/mol. The number of carbonyl (C=O) groups excluding carboxylic acids is 2. The quantitative estimate of drug-likeness (QED) is 0.275. The number of nitrogens with zero attached hydrogens (tertiary/aromatic N) is 1. The molecule has 4 rings (SSSR count). The Hall–Kier alpha value is -4.27. The van der Waals surface area contributed by atoms with Crippen LogP contribution in [0.2, 0.25) is 0 Å². The molecule has 176 valence electrons. The third kappa shape index (κ3) is 4.59. The molecule has 1 aromatic heterocycles. The summed E-state index contributed by atoms with van der Waals surface area (Å²) in [5.41, 5.74) is 1.68. The lowest BCUT2D eigenvalue weighted by atomic mass is 10.0. The molecule has 0 unspecified atom stereocenters. The summed E-state index contributed by atoms with van der Waals surface area (Å²) in [6.07, 6.45) is 1.99. The van der Waals surface area contributed by atoms with E-state index < -0.39 is 5.97 Å². The van der Waals surface area contributed by atoms with Gasteiger partial charge in [0, 0.05) is 24.1 Å². The normalized spacial score (nSPS) is 13.4. The van der Waals surface area contributed by atoms with Crippen molar-refractivity contribution >= 4 is 17.8 Å². The van der Waals surface area contributed by atoms with Crippen LogP contribution in [0.1, 0.15) is 33.7 Å². The molecule has 2 aromatic carbocycles. The van der Waals surface area contributed by atoms with Crippen molar-refractivity contribution in [2.75, 3.05) is 21.3 Å². The predicted octanol–water partition coefficient (Wildman–Crippen LogP) is 4.16. The average Bonchev–Trinajstić information content (AvgIpc) is 3.41. The first-order chi connectivity index (χ1) is 16.4. The molecule has 0 fully saturated rings. The zero-order valence-electron chi connectivity index (χ0n) is 19.2. The second-order valence-electron chi connectivity index (χ2n) is 7.45. The number of fused-ring (bicyclic) bond motifs is 1. The Labute approximate surface area is 195 Å². The minimum absolute atomic E-state index is 0.0784. The van der Waals surface area contributed by atoms with Crippen LogP contribution in [0.4, 0.5) is 0 Å². The number of aryl methyl sites for hydroxylation is 2. The Balaban J connectivity index is 1.50. The molecular formula is C25H23NO8. The summed E-state index contributed by atoms with van der Waals surface area (Å²) in [5, 5.41) is 3.69. The number of esters is 1. The number of benzene rings is 2. The highest BCUT2D eigenvalue weighted by Gasteiger charge is 2.30. The summed E-state index contributed by atoms with van der Waals surface area (Å²) < 4.78 is 32.1. The van der Waals surface area contributed by atoms with Crippen LogP contribution in [0, 0.1) is 6.92 Å². The molecule has 0 saturated heterocycles. The molecule has 3 aromatic rings. The van der Waals surface area contributed by atoms with Crippen molar-refractivity contribution in [2.24, 2.45) is 0 Å². The van der Waals surface area contributed by atoms with Gasteiger partial charge < -0.3 is 28.2 Å². The van der Waals surface area contributed by atoms with Crippen LogP contribution >= 0.6 is 0 Å². The van der Waals surface area contributed by atoms with E-state index in [0.717, 1.165) is 0 Å². The second-order valence-corrected chi connectivity index (χ2v) is 7.45. The molecule has 9 nitrogen and oxygen atoms in total. The highest BCUT2D eigenvalue weighted by atomic mass is 16.5. The van der Waals surface area contributed by atoms with Gasteiger partial charge in [0.05, 0.1) is 33.3 Å². The van der Waals surface area contributed by atoms with E-state index in [1.165, 1.54) is 27.4 Å². The molecule has 34 heavy (non-hydrogen) atoms. The van der Waals surface area contributed by atoms with E-state index in [0.29, 0.717) is 52.0 Å². The molecule has 1 aliphatic rings. The van der Waals surface area contributed by atoms with E-state index >= 15 is 0 Å². The molecule has 0 spiro atoms. The first-order valence-electron chi connectivity index (χ1n) is 10.4. The van der Waals surface area contributed by atoms with Crippen LogP contribution in [0.15, 0.2) is 46.7 Å². The maximum absolute atomic E-state index is 13.0. The number of aromatic nitrogens is 1. The van der Waals surface area contributed by atoms with E-state index in [2.05, 4.69) is 5.16 Å². The van der Waals surface area contributed by atoms with Crippen LogP contribution in [0.25, 0.3) is 6.08 Å². The van der Waals surface area contributed by atoms with Crippen molar-refractivity contribution in [1.29, 1.82) is 0 Å². The molecule has 0 aliphatic carbocycles. The molecule has 0 amide bonds. The van der Waals surface area contributed by atoms with Gasteiger partial charge in [0.2, 0.25) is 5.78 Å². The number of ketones is 1. The van der Waals surface area contributed by atoms with Crippen LogP contribution in [0.5, 0.6) is 28.9 Å². The van der Waals surface area contributed by atoms with E-state index in [1.54, 1.807) is 43.3 Å². The summed E-state index contributed by atoms with van der Waals surface area (Å²) in [6, 6.07) is 10.1. The van der Waals surface area contributed by atoms with Crippen molar-refractivity contribution in [3.8, 4) is 28.9 Å². The number of para-hydroxylation sites is 1. The van der Waals surface area contributed by atoms with E-state index in [1.807, 2.05) is 0 Å². The van der Waals surface area contributed by atoms with Crippen molar-refractivity contribution < 1.29 is 37.8 Å². The summed E-state index contributed by atoms with van der Waals surface area (Å²) in [5.74, 6) is 1.88. The third-order valence-corrected chi connectivity index (χ3v) is 5.22. The lowest BCUT2D eigenvalue weighted by Gasteiger charge is -2.10. The number of methoxy groups -OCH3 is 3. The molecule has 9 heteroatoms. The lowest BCUT2D eigenvalue weighted by Crippen LogP contribution is -2.09.